The number of benzene rings is 1. The third-order valence-corrected chi connectivity index (χ3v) is 4.24. The highest BCUT2D eigenvalue weighted by Crippen LogP contribution is 2.32. The van der Waals surface area contributed by atoms with Crippen LogP contribution in [0.1, 0.15) is 36.2 Å². The number of rotatable bonds is 4. The number of carbonyl (C=O) groups excluding carboxylic acids is 1. The quantitative estimate of drug-likeness (QED) is 0.907. The lowest BCUT2D eigenvalue weighted by Crippen LogP contribution is -2.46. The van der Waals surface area contributed by atoms with Crippen molar-refractivity contribution in [2.24, 2.45) is 0 Å². The Hall–Kier alpha value is -2.40. The Morgan fingerprint density at radius 2 is 2.08 bits per heavy atom. The standard InChI is InChI=1S/C19H23N3O2/c1-19(2,13-23)21-18(24)15-9-10-17(20-12-15)22-11-5-7-14-6-3-4-8-16(14)22/h3-4,6,8-10,12,23H,5,7,11,13H2,1-2H3,(H,21,24). The molecule has 5 heteroatoms. The summed E-state index contributed by atoms with van der Waals surface area (Å²) in [5.74, 6) is 0.618. The summed E-state index contributed by atoms with van der Waals surface area (Å²) in [6.45, 7) is 4.36. The second-order valence-electron chi connectivity index (χ2n) is 6.79. The molecule has 0 saturated heterocycles. The number of anilines is 2. The number of nitrogens with zero attached hydrogens (tertiary/aromatic N) is 2. The van der Waals surface area contributed by atoms with E-state index in [0.717, 1.165) is 25.2 Å². The molecule has 0 atom stereocenters. The first-order chi connectivity index (χ1) is 11.5. The summed E-state index contributed by atoms with van der Waals surface area (Å²) in [5.41, 5.74) is 2.36. The van der Waals surface area contributed by atoms with Crippen LogP contribution in [0.3, 0.4) is 0 Å². The van der Waals surface area contributed by atoms with Crippen LogP contribution < -0.4 is 10.2 Å². The van der Waals surface area contributed by atoms with Gasteiger partial charge in [-0.05, 0) is 50.5 Å². The van der Waals surface area contributed by atoms with Gasteiger partial charge in [-0.1, -0.05) is 18.2 Å². The molecule has 1 aliphatic rings. The summed E-state index contributed by atoms with van der Waals surface area (Å²) in [4.78, 5) is 18.9. The SMILES string of the molecule is CC(C)(CO)NC(=O)c1ccc(N2CCCc3ccccc32)nc1. The minimum Gasteiger partial charge on any atom is -0.394 e. The minimum absolute atomic E-state index is 0.116. The summed E-state index contributed by atoms with van der Waals surface area (Å²) in [5, 5.41) is 12.1. The molecule has 0 radical (unpaired) electrons. The number of aryl methyl sites for hydroxylation is 1. The summed E-state index contributed by atoms with van der Waals surface area (Å²) in [6.07, 6.45) is 3.77. The van der Waals surface area contributed by atoms with E-state index in [1.165, 1.54) is 11.3 Å². The van der Waals surface area contributed by atoms with Gasteiger partial charge >= 0.3 is 0 Å². The van der Waals surface area contributed by atoms with E-state index >= 15 is 0 Å². The van der Waals surface area contributed by atoms with Gasteiger partial charge in [-0.3, -0.25) is 4.79 Å². The predicted molar refractivity (Wildman–Crippen MR) is 94.6 cm³/mol. The molecule has 1 aliphatic heterocycles. The molecule has 1 amide bonds. The summed E-state index contributed by atoms with van der Waals surface area (Å²) in [7, 11) is 0. The molecular formula is C19H23N3O2. The van der Waals surface area contributed by atoms with Crippen LogP contribution in [-0.4, -0.2) is 34.7 Å². The van der Waals surface area contributed by atoms with Crippen LogP contribution in [0.25, 0.3) is 0 Å². The zero-order chi connectivity index (χ0) is 17.2. The minimum atomic E-state index is -0.651. The van der Waals surface area contributed by atoms with Gasteiger partial charge in [-0.25, -0.2) is 4.98 Å². The molecule has 3 rings (SSSR count). The topological polar surface area (TPSA) is 65.5 Å². The number of hydrogen-bond acceptors (Lipinski definition) is 4. The number of fused-ring (bicyclic) bond motifs is 1. The number of nitrogens with one attached hydrogen (secondary N) is 1. The molecule has 0 aliphatic carbocycles. The van der Waals surface area contributed by atoms with Crippen molar-refractivity contribution in [2.45, 2.75) is 32.2 Å². The van der Waals surface area contributed by atoms with Crippen molar-refractivity contribution in [2.75, 3.05) is 18.1 Å². The molecular weight excluding hydrogens is 302 g/mol. The van der Waals surface area contributed by atoms with Gasteiger partial charge in [0, 0.05) is 18.4 Å². The smallest absolute Gasteiger partial charge is 0.253 e. The Bertz CT molecular complexity index is 726. The lowest BCUT2D eigenvalue weighted by atomic mass is 10.0. The zero-order valence-corrected chi connectivity index (χ0v) is 14.1. The Kier molecular flexibility index (Phi) is 4.53. The van der Waals surface area contributed by atoms with Crippen molar-refractivity contribution in [1.82, 2.24) is 10.3 Å². The highest BCUT2D eigenvalue weighted by Gasteiger charge is 2.21. The number of aliphatic hydroxyl groups is 1. The zero-order valence-electron chi connectivity index (χ0n) is 14.1. The monoisotopic (exact) mass is 325 g/mol. The Morgan fingerprint density at radius 1 is 1.29 bits per heavy atom. The van der Waals surface area contributed by atoms with Gasteiger partial charge in [0.25, 0.3) is 5.91 Å². The highest BCUT2D eigenvalue weighted by atomic mass is 16.3. The van der Waals surface area contributed by atoms with E-state index in [2.05, 4.69) is 33.4 Å². The van der Waals surface area contributed by atoms with Crippen LogP contribution >= 0.6 is 0 Å². The molecule has 24 heavy (non-hydrogen) atoms. The molecule has 0 saturated carbocycles. The van der Waals surface area contributed by atoms with Crippen LogP contribution in [0, 0.1) is 0 Å². The molecule has 2 N–H and O–H groups in total. The Balaban J connectivity index is 1.80. The van der Waals surface area contributed by atoms with Crippen LogP contribution in [0.4, 0.5) is 11.5 Å². The van der Waals surface area contributed by atoms with Crippen molar-refractivity contribution < 1.29 is 9.90 Å². The number of pyridine rings is 1. The first kappa shape index (κ1) is 16.5. The summed E-state index contributed by atoms with van der Waals surface area (Å²) >= 11 is 0. The molecule has 1 aromatic carbocycles. The van der Waals surface area contributed by atoms with E-state index in [0.29, 0.717) is 5.56 Å². The van der Waals surface area contributed by atoms with Gasteiger partial charge in [0.1, 0.15) is 5.82 Å². The van der Waals surface area contributed by atoms with Crippen molar-refractivity contribution in [3.63, 3.8) is 0 Å². The molecule has 2 aromatic rings. The maximum absolute atomic E-state index is 12.2. The second-order valence-corrected chi connectivity index (χ2v) is 6.79. The number of aromatic nitrogens is 1. The number of para-hydroxylation sites is 1. The van der Waals surface area contributed by atoms with Gasteiger partial charge in [0.2, 0.25) is 0 Å². The highest BCUT2D eigenvalue weighted by molar-refractivity contribution is 5.94. The van der Waals surface area contributed by atoms with E-state index in [-0.39, 0.29) is 12.5 Å². The van der Waals surface area contributed by atoms with Crippen molar-refractivity contribution in [3.05, 3.63) is 53.7 Å². The molecule has 0 fully saturated rings. The van der Waals surface area contributed by atoms with Crippen LogP contribution in [-0.2, 0) is 6.42 Å². The van der Waals surface area contributed by atoms with E-state index in [1.807, 2.05) is 12.1 Å². The first-order valence-electron chi connectivity index (χ1n) is 8.25. The van der Waals surface area contributed by atoms with Crippen LogP contribution in [0.15, 0.2) is 42.6 Å². The second kappa shape index (κ2) is 6.61. The summed E-state index contributed by atoms with van der Waals surface area (Å²) in [6, 6.07) is 12.0. The molecule has 0 unspecified atom stereocenters. The molecule has 5 nitrogen and oxygen atoms in total. The maximum Gasteiger partial charge on any atom is 0.253 e. The fourth-order valence-corrected chi connectivity index (χ4v) is 2.87. The number of hydrogen-bond donors (Lipinski definition) is 2. The van der Waals surface area contributed by atoms with Gasteiger partial charge in [-0.15, -0.1) is 0 Å². The fraction of sp³-hybridized carbons (Fsp3) is 0.368. The van der Waals surface area contributed by atoms with E-state index in [1.54, 1.807) is 26.1 Å². The molecule has 0 spiro atoms. The largest absolute Gasteiger partial charge is 0.394 e. The van der Waals surface area contributed by atoms with Gasteiger partial charge < -0.3 is 15.3 Å². The molecule has 2 heterocycles. The predicted octanol–water partition coefficient (Wildman–Crippen LogP) is 2.67. The lowest BCUT2D eigenvalue weighted by Gasteiger charge is -2.30. The van der Waals surface area contributed by atoms with Gasteiger partial charge in [0.05, 0.1) is 17.7 Å². The average Bonchev–Trinajstić information content (AvgIpc) is 2.61. The molecule has 126 valence electrons. The van der Waals surface area contributed by atoms with Gasteiger partial charge in [-0.2, -0.15) is 0 Å². The fourth-order valence-electron chi connectivity index (χ4n) is 2.87. The van der Waals surface area contributed by atoms with Crippen molar-refractivity contribution in [1.29, 1.82) is 0 Å². The van der Waals surface area contributed by atoms with E-state index < -0.39 is 5.54 Å². The number of aliphatic hydroxyl groups excluding tert-OH is 1. The molecule has 0 bridgehead atoms. The van der Waals surface area contributed by atoms with Gasteiger partial charge in [0.15, 0.2) is 0 Å². The summed E-state index contributed by atoms with van der Waals surface area (Å²) < 4.78 is 0. The van der Waals surface area contributed by atoms with E-state index in [9.17, 15) is 9.90 Å². The normalized spacial score (nSPS) is 14.2. The average molecular weight is 325 g/mol. The maximum atomic E-state index is 12.2. The van der Waals surface area contributed by atoms with Crippen LogP contribution in [0.2, 0.25) is 0 Å². The number of carbonyl (C=O) groups is 1. The number of amides is 1. The third-order valence-electron chi connectivity index (χ3n) is 4.24. The molecule has 1 aromatic heterocycles. The van der Waals surface area contributed by atoms with Crippen molar-refractivity contribution in [3.8, 4) is 0 Å². The Labute approximate surface area is 142 Å². The van der Waals surface area contributed by atoms with Crippen molar-refractivity contribution >= 4 is 17.4 Å². The van der Waals surface area contributed by atoms with Crippen LogP contribution in [0.5, 0.6) is 0 Å². The Morgan fingerprint density at radius 3 is 2.79 bits per heavy atom. The third kappa shape index (κ3) is 3.41. The van der Waals surface area contributed by atoms with E-state index in [4.69, 9.17) is 0 Å². The lowest BCUT2D eigenvalue weighted by molar-refractivity contribution is 0.0869. The first-order valence-corrected chi connectivity index (χ1v) is 8.25.